The number of hydrogen-bond acceptors (Lipinski definition) is 2. The highest BCUT2D eigenvalue weighted by atomic mass is 32.2. The lowest BCUT2D eigenvalue weighted by Crippen LogP contribution is -2.50. The molecule has 0 N–H and O–H groups in total. The Morgan fingerprint density at radius 2 is 1.72 bits per heavy atom. The van der Waals surface area contributed by atoms with Gasteiger partial charge in [-0.25, -0.2) is 0 Å². The average molecular weight is 509 g/mol. The van der Waals surface area contributed by atoms with E-state index in [1.807, 2.05) is 0 Å². The molecule has 4 aliphatic rings. The van der Waals surface area contributed by atoms with E-state index < -0.39 is 0 Å². The first-order chi connectivity index (χ1) is 17.2. The zero-order chi connectivity index (χ0) is 25.5. The molecule has 8 atom stereocenters. The van der Waals surface area contributed by atoms with Crippen molar-refractivity contribution in [2.75, 3.05) is 0 Å². The molecule has 0 aliphatic heterocycles. The molecule has 0 heterocycles. The molecule has 1 nitrogen and oxygen atoms in total. The molecule has 36 heavy (non-hydrogen) atoms. The summed E-state index contributed by atoms with van der Waals surface area (Å²) in [4.78, 5) is 1.23. The van der Waals surface area contributed by atoms with Gasteiger partial charge < -0.3 is 4.18 Å². The Hall–Kier alpha value is -0.730. The molecule has 5 rings (SSSR count). The molecule has 3 saturated carbocycles. The Labute approximate surface area is 226 Å². The average Bonchev–Trinajstić information content (AvgIpc) is 3.20. The number of hydrogen-bond donors (Lipinski definition) is 0. The quantitative estimate of drug-likeness (QED) is 0.255. The minimum absolute atomic E-state index is 0.364. The molecular weight excluding hydrogens is 456 g/mol. The van der Waals surface area contributed by atoms with Gasteiger partial charge in [-0.15, -0.1) is 0 Å². The van der Waals surface area contributed by atoms with Crippen molar-refractivity contribution >= 4 is 12.0 Å². The number of aryl methyl sites for hydroxylation is 1. The summed E-state index contributed by atoms with van der Waals surface area (Å²) >= 11 is 1.59. The van der Waals surface area contributed by atoms with E-state index in [0.29, 0.717) is 16.9 Å². The third-order valence-corrected chi connectivity index (χ3v) is 12.4. The fourth-order valence-electron chi connectivity index (χ4n) is 9.45. The molecule has 4 aliphatic carbocycles. The van der Waals surface area contributed by atoms with Gasteiger partial charge in [-0.1, -0.05) is 83.2 Å². The van der Waals surface area contributed by atoms with Crippen molar-refractivity contribution < 1.29 is 4.18 Å². The second-order valence-electron chi connectivity index (χ2n) is 14.1. The molecule has 3 fully saturated rings. The van der Waals surface area contributed by atoms with E-state index in [1.54, 1.807) is 17.6 Å². The Kier molecular flexibility index (Phi) is 8.06. The van der Waals surface area contributed by atoms with Gasteiger partial charge in [-0.3, -0.25) is 0 Å². The van der Waals surface area contributed by atoms with Crippen LogP contribution in [0.15, 0.2) is 40.8 Å². The van der Waals surface area contributed by atoms with E-state index >= 15 is 0 Å². The molecule has 0 bridgehead atoms. The highest BCUT2D eigenvalue weighted by Crippen LogP contribution is 2.67. The van der Waals surface area contributed by atoms with Crippen LogP contribution in [0.5, 0.6) is 0 Å². The highest BCUT2D eigenvalue weighted by Gasteiger charge is 2.59. The van der Waals surface area contributed by atoms with Gasteiger partial charge in [-0.05, 0) is 117 Å². The van der Waals surface area contributed by atoms with Gasteiger partial charge in [0.15, 0.2) is 0 Å². The summed E-state index contributed by atoms with van der Waals surface area (Å²) in [5.74, 6) is 5.48. The molecule has 0 saturated heterocycles. The van der Waals surface area contributed by atoms with Crippen molar-refractivity contribution in [3.63, 3.8) is 0 Å². The van der Waals surface area contributed by atoms with E-state index in [1.165, 1.54) is 74.7 Å². The fourth-order valence-corrected chi connectivity index (χ4v) is 10.1. The second kappa shape index (κ2) is 10.8. The number of benzene rings is 1. The third-order valence-electron chi connectivity index (χ3n) is 11.6. The van der Waals surface area contributed by atoms with Crippen LogP contribution in [0.2, 0.25) is 0 Å². The minimum atomic E-state index is 0.364. The van der Waals surface area contributed by atoms with E-state index in [2.05, 4.69) is 71.9 Å². The first kappa shape index (κ1) is 26.9. The van der Waals surface area contributed by atoms with Crippen LogP contribution < -0.4 is 0 Å². The van der Waals surface area contributed by atoms with Crippen LogP contribution >= 0.6 is 12.0 Å². The van der Waals surface area contributed by atoms with E-state index in [0.717, 1.165) is 41.9 Å². The van der Waals surface area contributed by atoms with Crippen molar-refractivity contribution in [2.45, 2.75) is 123 Å². The molecule has 2 heteroatoms. The number of rotatable bonds is 8. The summed E-state index contributed by atoms with van der Waals surface area (Å²) in [5, 5.41) is 0. The van der Waals surface area contributed by atoms with Crippen LogP contribution in [-0.2, 0) is 4.18 Å². The normalized spacial score (nSPS) is 38.8. The predicted octanol–water partition coefficient (Wildman–Crippen LogP) is 10.4. The van der Waals surface area contributed by atoms with Crippen LogP contribution in [0.1, 0.15) is 111 Å². The van der Waals surface area contributed by atoms with E-state index in [-0.39, 0.29) is 0 Å². The van der Waals surface area contributed by atoms with Gasteiger partial charge >= 0.3 is 0 Å². The standard InChI is InChI=1S/C34H52OS/c1-23(2)8-7-9-25(4)30-16-17-31-29-15-12-26-22-27(35-36-28-13-10-24(3)11-14-28)18-20-33(26,5)32(29)19-21-34(30,31)6/h10-14,23,25,27,29-32H,7-9,15-22H2,1-6H3/t25-,27?,29?,30?,31?,32?,33?,34?/m1/s1. The lowest BCUT2D eigenvalue weighted by Gasteiger charge is -2.58. The van der Waals surface area contributed by atoms with Crippen LogP contribution in [-0.4, -0.2) is 6.10 Å². The third kappa shape index (κ3) is 5.12. The molecule has 200 valence electrons. The van der Waals surface area contributed by atoms with Gasteiger partial charge in [-0.2, -0.15) is 0 Å². The molecule has 0 amide bonds. The van der Waals surface area contributed by atoms with Crippen LogP contribution in [0.3, 0.4) is 0 Å². The first-order valence-corrected chi connectivity index (χ1v) is 16.0. The van der Waals surface area contributed by atoms with Gasteiger partial charge in [0.05, 0.1) is 6.10 Å². The maximum absolute atomic E-state index is 6.39. The van der Waals surface area contributed by atoms with E-state index in [4.69, 9.17) is 4.18 Å². The zero-order valence-corrected chi connectivity index (χ0v) is 24.8. The molecule has 0 spiro atoms. The molecule has 7 unspecified atom stereocenters. The second-order valence-corrected chi connectivity index (χ2v) is 15.0. The number of allylic oxidation sites excluding steroid dienone is 1. The lowest BCUT2D eigenvalue weighted by molar-refractivity contribution is -0.0552. The van der Waals surface area contributed by atoms with Crippen molar-refractivity contribution in [2.24, 2.45) is 46.3 Å². The smallest absolute Gasteiger partial charge is 0.0764 e. The van der Waals surface area contributed by atoms with Crippen LogP contribution in [0, 0.1) is 53.3 Å². The van der Waals surface area contributed by atoms with Gasteiger partial charge in [0, 0.05) is 16.9 Å². The van der Waals surface area contributed by atoms with Crippen molar-refractivity contribution in [3.05, 3.63) is 41.5 Å². The largest absolute Gasteiger partial charge is 0.307 e. The Bertz CT molecular complexity index is 918. The van der Waals surface area contributed by atoms with Crippen LogP contribution in [0.4, 0.5) is 0 Å². The fraction of sp³-hybridized carbons (Fsp3) is 0.765. The van der Waals surface area contributed by atoms with Gasteiger partial charge in [0.2, 0.25) is 0 Å². The maximum atomic E-state index is 6.39. The molecule has 0 aromatic heterocycles. The zero-order valence-electron chi connectivity index (χ0n) is 24.0. The highest BCUT2D eigenvalue weighted by molar-refractivity contribution is 7.94. The molecular formula is C34H52OS. The Balaban J connectivity index is 1.23. The van der Waals surface area contributed by atoms with Crippen LogP contribution in [0.25, 0.3) is 0 Å². The van der Waals surface area contributed by atoms with E-state index in [9.17, 15) is 0 Å². The Morgan fingerprint density at radius 3 is 2.47 bits per heavy atom. The summed E-state index contributed by atoms with van der Waals surface area (Å²) in [6.45, 7) is 14.9. The Morgan fingerprint density at radius 1 is 0.944 bits per heavy atom. The summed E-state index contributed by atoms with van der Waals surface area (Å²) in [5.41, 5.74) is 4.06. The summed E-state index contributed by atoms with van der Waals surface area (Å²) in [6.07, 6.45) is 18.3. The van der Waals surface area contributed by atoms with Crippen molar-refractivity contribution in [3.8, 4) is 0 Å². The topological polar surface area (TPSA) is 9.23 Å². The minimum Gasteiger partial charge on any atom is -0.307 e. The molecule has 0 radical (unpaired) electrons. The molecule has 1 aromatic carbocycles. The maximum Gasteiger partial charge on any atom is 0.0764 e. The van der Waals surface area contributed by atoms with Crippen molar-refractivity contribution in [1.29, 1.82) is 0 Å². The van der Waals surface area contributed by atoms with Gasteiger partial charge in [0.1, 0.15) is 0 Å². The first-order valence-electron chi connectivity index (χ1n) is 15.3. The lowest BCUT2D eigenvalue weighted by atomic mass is 9.47. The summed E-state index contributed by atoms with van der Waals surface area (Å²) in [6, 6.07) is 8.75. The van der Waals surface area contributed by atoms with Crippen molar-refractivity contribution in [1.82, 2.24) is 0 Å². The SMILES string of the molecule is Cc1ccc(SOC2CCC3(C)C(=CCC4C3CCC3(C)C4CCC3[C@H](C)CCCC(C)C)C2)cc1. The molecule has 1 aromatic rings. The van der Waals surface area contributed by atoms with Gasteiger partial charge in [0.25, 0.3) is 0 Å². The monoisotopic (exact) mass is 508 g/mol. The summed E-state index contributed by atoms with van der Waals surface area (Å²) < 4.78 is 6.39. The predicted molar refractivity (Wildman–Crippen MR) is 155 cm³/mol. The number of fused-ring (bicyclic) bond motifs is 5. The summed E-state index contributed by atoms with van der Waals surface area (Å²) in [7, 11) is 0.